The van der Waals surface area contributed by atoms with Gasteiger partial charge in [0, 0.05) is 12.1 Å². The maximum Gasteiger partial charge on any atom is 0.280 e. The summed E-state index contributed by atoms with van der Waals surface area (Å²) in [6.07, 6.45) is 1.98. The minimum absolute atomic E-state index is 0.0559. The number of fused-ring (bicyclic) bond motifs is 1. The number of H-pyrrole nitrogens is 1. The number of carbonyl (C=O) groups excluding carboxylic acids is 1. The Kier molecular flexibility index (Phi) is 6.09. The second-order valence-electron chi connectivity index (χ2n) is 8.19. The Morgan fingerprint density at radius 2 is 1.69 bits per heavy atom. The van der Waals surface area contributed by atoms with Crippen molar-refractivity contribution in [2.45, 2.75) is 19.9 Å². The number of nitrogens with zero attached hydrogens (tertiary/aromatic N) is 4. The van der Waals surface area contributed by atoms with Crippen molar-refractivity contribution in [2.24, 2.45) is 5.10 Å². The van der Waals surface area contributed by atoms with E-state index in [-0.39, 0.29) is 18.0 Å². The molecule has 2 N–H and O–H groups in total. The molecule has 0 aliphatic heterocycles. The van der Waals surface area contributed by atoms with Crippen LogP contribution in [0.15, 0.2) is 94.8 Å². The normalized spacial score (nSPS) is 11.3. The lowest BCUT2D eigenvalue weighted by molar-refractivity contribution is -0.121. The number of nitrogens with one attached hydrogen (secondary N) is 2. The van der Waals surface area contributed by atoms with Crippen molar-refractivity contribution in [3.63, 3.8) is 0 Å². The minimum Gasteiger partial charge on any atom is -0.318 e. The molecule has 8 heteroatoms. The molecule has 35 heavy (non-hydrogen) atoms. The van der Waals surface area contributed by atoms with Gasteiger partial charge in [0.1, 0.15) is 12.4 Å². The summed E-state index contributed by atoms with van der Waals surface area (Å²) in [6.45, 7) is 1.85. The van der Waals surface area contributed by atoms with Gasteiger partial charge in [-0.2, -0.15) is 5.10 Å². The molecular formula is C27H24N6O2. The lowest BCUT2D eigenvalue weighted by atomic mass is 10.1. The van der Waals surface area contributed by atoms with Crippen molar-refractivity contribution in [3.05, 3.63) is 118 Å². The maximum atomic E-state index is 12.8. The molecule has 1 amide bonds. The molecule has 0 aliphatic rings. The molecule has 3 aromatic carbocycles. The molecule has 8 nitrogen and oxygen atoms in total. The lowest BCUT2D eigenvalue weighted by Gasteiger charge is -2.08. The Hall–Kier alpha value is -4.72. The third-order valence-corrected chi connectivity index (χ3v) is 5.75. The first kappa shape index (κ1) is 22.1. The number of aromatic nitrogens is 4. The summed E-state index contributed by atoms with van der Waals surface area (Å²) in [4.78, 5) is 30.3. The second kappa shape index (κ2) is 9.64. The average molecular weight is 465 g/mol. The van der Waals surface area contributed by atoms with Gasteiger partial charge in [0.25, 0.3) is 11.5 Å². The number of carbonyl (C=O) groups is 1. The molecule has 0 saturated heterocycles. The number of aryl methyl sites for hydroxylation is 1. The zero-order chi connectivity index (χ0) is 24.2. The summed E-state index contributed by atoms with van der Waals surface area (Å²) in [7, 11) is 0. The second-order valence-corrected chi connectivity index (χ2v) is 8.19. The Morgan fingerprint density at radius 1 is 1.00 bits per heavy atom. The van der Waals surface area contributed by atoms with Gasteiger partial charge >= 0.3 is 0 Å². The first-order chi connectivity index (χ1) is 17.1. The Bertz CT molecular complexity index is 1560. The quantitative estimate of drug-likeness (QED) is 0.285. The fourth-order valence-corrected chi connectivity index (χ4v) is 4.03. The van der Waals surface area contributed by atoms with E-state index >= 15 is 0 Å². The predicted molar refractivity (Wildman–Crippen MR) is 136 cm³/mol. The molecule has 0 bridgehead atoms. The van der Waals surface area contributed by atoms with Crippen LogP contribution in [0.1, 0.15) is 22.6 Å². The van der Waals surface area contributed by atoms with E-state index < -0.39 is 0 Å². The average Bonchev–Trinajstić information content (AvgIpc) is 3.36. The molecule has 2 heterocycles. The van der Waals surface area contributed by atoms with Gasteiger partial charge in [-0.1, -0.05) is 60.7 Å². The number of rotatable bonds is 7. The number of benzene rings is 3. The number of aromatic amines is 1. The maximum absolute atomic E-state index is 12.8. The Morgan fingerprint density at radius 3 is 2.46 bits per heavy atom. The van der Waals surface area contributed by atoms with Gasteiger partial charge in [0.15, 0.2) is 0 Å². The van der Waals surface area contributed by atoms with E-state index in [2.05, 4.69) is 15.6 Å². The molecule has 5 aromatic rings. The first-order valence-corrected chi connectivity index (χ1v) is 11.3. The van der Waals surface area contributed by atoms with Gasteiger partial charge in [0.2, 0.25) is 0 Å². The lowest BCUT2D eigenvalue weighted by Crippen LogP contribution is -2.25. The van der Waals surface area contributed by atoms with Crippen LogP contribution in [0.3, 0.4) is 0 Å². The summed E-state index contributed by atoms with van der Waals surface area (Å²) >= 11 is 0. The van der Waals surface area contributed by atoms with Crippen LogP contribution in [0.5, 0.6) is 0 Å². The SMILES string of the molecule is Cc1[nH]n(-c2ccccc2)c(=O)c1C=NNC(=O)Cn1c(Cc2ccccc2)nc2ccccc21. The third kappa shape index (κ3) is 4.67. The van der Waals surface area contributed by atoms with E-state index in [1.165, 1.54) is 10.9 Å². The topological polar surface area (TPSA) is 97.1 Å². The highest BCUT2D eigenvalue weighted by molar-refractivity contribution is 5.84. The molecule has 0 saturated carbocycles. The summed E-state index contributed by atoms with van der Waals surface area (Å²) in [5.74, 6) is 0.485. The Labute approximate surface area is 201 Å². The molecule has 0 aliphatic carbocycles. The van der Waals surface area contributed by atoms with Crippen LogP contribution in [0.25, 0.3) is 16.7 Å². The number of hydrogen-bond donors (Lipinski definition) is 2. The van der Waals surface area contributed by atoms with Gasteiger partial charge in [-0.3, -0.25) is 14.7 Å². The number of hydrazone groups is 1. The zero-order valence-corrected chi connectivity index (χ0v) is 19.2. The summed E-state index contributed by atoms with van der Waals surface area (Å²) < 4.78 is 3.35. The number of amides is 1. The molecule has 0 spiro atoms. The number of para-hydroxylation sites is 3. The van der Waals surface area contributed by atoms with Crippen LogP contribution in [0.4, 0.5) is 0 Å². The van der Waals surface area contributed by atoms with E-state index in [9.17, 15) is 9.59 Å². The fourth-order valence-electron chi connectivity index (χ4n) is 4.03. The highest BCUT2D eigenvalue weighted by Crippen LogP contribution is 2.18. The summed E-state index contributed by atoms with van der Waals surface area (Å²) in [5, 5.41) is 7.10. The van der Waals surface area contributed by atoms with Gasteiger partial charge < -0.3 is 4.57 Å². The fraction of sp³-hybridized carbons (Fsp3) is 0.111. The van der Waals surface area contributed by atoms with E-state index in [4.69, 9.17) is 4.98 Å². The number of hydrogen-bond acceptors (Lipinski definition) is 4. The summed E-state index contributed by atoms with van der Waals surface area (Å²) in [6, 6.07) is 27.0. The molecule has 174 valence electrons. The van der Waals surface area contributed by atoms with E-state index in [0.717, 1.165) is 28.1 Å². The van der Waals surface area contributed by atoms with Crippen LogP contribution in [-0.2, 0) is 17.8 Å². The van der Waals surface area contributed by atoms with Gasteiger partial charge in [0.05, 0.1) is 28.5 Å². The molecule has 0 atom stereocenters. The molecule has 2 aromatic heterocycles. The molecule has 0 fully saturated rings. The zero-order valence-electron chi connectivity index (χ0n) is 19.2. The van der Waals surface area contributed by atoms with Crippen molar-refractivity contribution >= 4 is 23.2 Å². The predicted octanol–water partition coefficient (Wildman–Crippen LogP) is 3.56. The van der Waals surface area contributed by atoms with Crippen LogP contribution < -0.4 is 11.0 Å². The van der Waals surface area contributed by atoms with Crippen molar-refractivity contribution < 1.29 is 4.79 Å². The van der Waals surface area contributed by atoms with Gasteiger partial charge in [-0.25, -0.2) is 15.1 Å². The van der Waals surface area contributed by atoms with Crippen LogP contribution in [0, 0.1) is 6.92 Å². The summed E-state index contributed by atoms with van der Waals surface area (Å²) in [5.41, 5.74) is 6.89. The smallest absolute Gasteiger partial charge is 0.280 e. The molecular weight excluding hydrogens is 440 g/mol. The highest BCUT2D eigenvalue weighted by Gasteiger charge is 2.14. The Balaban J connectivity index is 1.34. The van der Waals surface area contributed by atoms with Crippen molar-refractivity contribution in [3.8, 4) is 5.69 Å². The molecule has 0 unspecified atom stereocenters. The number of imidazole rings is 1. The van der Waals surface area contributed by atoms with E-state index in [0.29, 0.717) is 17.7 Å². The highest BCUT2D eigenvalue weighted by atomic mass is 16.2. The molecule has 5 rings (SSSR count). The monoisotopic (exact) mass is 464 g/mol. The van der Waals surface area contributed by atoms with E-state index in [1.54, 1.807) is 6.92 Å². The standard InChI is InChI=1S/C27H24N6O2/c1-19-22(27(35)33(31-19)21-12-6-3-7-13-21)17-28-30-26(34)18-32-24-15-9-8-14-23(24)29-25(32)16-20-10-4-2-5-11-20/h2-15,17,31H,16,18H2,1H3,(H,30,34). The first-order valence-electron chi connectivity index (χ1n) is 11.3. The van der Waals surface area contributed by atoms with Gasteiger partial charge in [-0.15, -0.1) is 0 Å². The third-order valence-electron chi connectivity index (χ3n) is 5.75. The van der Waals surface area contributed by atoms with Crippen LogP contribution >= 0.6 is 0 Å². The van der Waals surface area contributed by atoms with Crippen molar-refractivity contribution in [1.29, 1.82) is 0 Å². The van der Waals surface area contributed by atoms with Crippen molar-refractivity contribution in [1.82, 2.24) is 24.8 Å². The van der Waals surface area contributed by atoms with Crippen LogP contribution in [-0.4, -0.2) is 31.5 Å². The van der Waals surface area contributed by atoms with Crippen LogP contribution in [0.2, 0.25) is 0 Å². The minimum atomic E-state index is -0.310. The largest absolute Gasteiger partial charge is 0.318 e. The van der Waals surface area contributed by atoms with Crippen molar-refractivity contribution in [2.75, 3.05) is 0 Å². The van der Waals surface area contributed by atoms with Gasteiger partial charge in [-0.05, 0) is 36.8 Å². The molecule has 0 radical (unpaired) electrons. The van der Waals surface area contributed by atoms with E-state index in [1.807, 2.05) is 89.5 Å².